The first-order valence-electron chi connectivity index (χ1n) is 10.8. The van der Waals surface area contributed by atoms with Crippen LogP contribution in [0.1, 0.15) is 36.2 Å². The molecule has 1 atom stereocenters. The number of amides is 3. The maximum Gasteiger partial charge on any atom is 0.251 e. The Bertz CT molecular complexity index is 945. The highest BCUT2D eigenvalue weighted by Crippen LogP contribution is 2.16. The van der Waals surface area contributed by atoms with Crippen LogP contribution in [0.15, 0.2) is 48.5 Å². The number of hydrogen-bond acceptors (Lipinski definition) is 4. The Morgan fingerprint density at radius 3 is 2.41 bits per heavy atom. The standard InChI is InChI=1S/C24H29ClN4O3/c1-16(2)13-21(28-23(31)18-5-7-19(25)8-6-18)24(32)27-14-17-3-9-20(10-4-17)29-12-11-26-22(30)15-29/h3-10,16,21H,11-15H2,1-2H3,(H,26,30)(H,27,32)(H,28,31). The zero-order valence-electron chi connectivity index (χ0n) is 18.4. The van der Waals surface area contributed by atoms with Gasteiger partial charge in [0.05, 0.1) is 6.54 Å². The van der Waals surface area contributed by atoms with E-state index in [1.165, 1.54) is 0 Å². The molecule has 0 radical (unpaired) electrons. The highest BCUT2D eigenvalue weighted by atomic mass is 35.5. The Morgan fingerprint density at radius 1 is 1.09 bits per heavy atom. The summed E-state index contributed by atoms with van der Waals surface area (Å²) in [5, 5.41) is 9.12. The third kappa shape index (κ3) is 6.72. The average Bonchev–Trinajstić information content (AvgIpc) is 2.77. The molecule has 1 unspecified atom stereocenters. The molecule has 3 amide bonds. The summed E-state index contributed by atoms with van der Waals surface area (Å²) in [6.45, 7) is 6.12. The van der Waals surface area contributed by atoms with Gasteiger partial charge in [-0.25, -0.2) is 0 Å². The van der Waals surface area contributed by atoms with E-state index in [-0.39, 0.29) is 23.6 Å². The molecular weight excluding hydrogens is 428 g/mol. The van der Waals surface area contributed by atoms with E-state index in [0.29, 0.717) is 36.6 Å². The van der Waals surface area contributed by atoms with Crippen LogP contribution >= 0.6 is 11.6 Å². The first-order chi connectivity index (χ1) is 15.3. The van der Waals surface area contributed by atoms with Crippen molar-refractivity contribution in [3.8, 4) is 0 Å². The van der Waals surface area contributed by atoms with E-state index in [9.17, 15) is 14.4 Å². The van der Waals surface area contributed by atoms with Gasteiger partial charge in [-0.05, 0) is 54.3 Å². The highest BCUT2D eigenvalue weighted by Gasteiger charge is 2.22. The lowest BCUT2D eigenvalue weighted by atomic mass is 10.0. The van der Waals surface area contributed by atoms with Crippen molar-refractivity contribution in [2.24, 2.45) is 5.92 Å². The molecule has 0 aliphatic carbocycles. The average molecular weight is 457 g/mol. The summed E-state index contributed by atoms with van der Waals surface area (Å²) in [6, 6.07) is 13.7. The second kappa shape index (κ2) is 11.0. The van der Waals surface area contributed by atoms with Crippen LogP contribution in [0, 0.1) is 5.92 Å². The number of benzene rings is 2. The minimum Gasteiger partial charge on any atom is -0.360 e. The van der Waals surface area contributed by atoms with Gasteiger partial charge in [0.25, 0.3) is 5.91 Å². The van der Waals surface area contributed by atoms with Crippen molar-refractivity contribution < 1.29 is 14.4 Å². The van der Waals surface area contributed by atoms with Crippen LogP contribution in [-0.4, -0.2) is 43.4 Å². The number of piperazine rings is 1. The SMILES string of the molecule is CC(C)CC(NC(=O)c1ccc(Cl)cc1)C(=O)NCc1ccc(N2CCNC(=O)C2)cc1. The number of nitrogens with zero attached hydrogens (tertiary/aromatic N) is 1. The van der Waals surface area contributed by atoms with Gasteiger partial charge in [-0.1, -0.05) is 37.6 Å². The zero-order chi connectivity index (χ0) is 23.1. The van der Waals surface area contributed by atoms with Crippen molar-refractivity contribution in [1.82, 2.24) is 16.0 Å². The number of carbonyl (C=O) groups excluding carboxylic acids is 3. The molecule has 2 aromatic carbocycles. The normalized spacial score (nSPS) is 14.6. The number of anilines is 1. The van der Waals surface area contributed by atoms with Gasteiger partial charge in [0.2, 0.25) is 11.8 Å². The van der Waals surface area contributed by atoms with Gasteiger partial charge < -0.3 is 20.9 Å². The molecule has 1 aliphatic rings. The van der Waals surface area contributed by atoms with Crippen LogP contribution in [0.4, 0.5) is 5.69 Å². The molecule has 1 saturated heterocycles. The van der Waals surface area contributed by atoms with E-state index in [0.717, 1.165) is 17.8 Å². The van der Waals surface area contributed by atoms with Crippen molar-refractivity contribution >= 4 is 35.0 Å². The molecule has 32 heavy (non-hydrogen) atoms. The minimum absolute atomic E-state index is 0.0180. The molecule has 0 bridgehead atoms. The second-order valence-electron chi connectivity index (χ2n) is 8.32. The molecule has 2 aromatic rings. The van der Waals surface area contributed by atoms with Crippen molar-refractivity contribution in [3.05, 3.63) is 64.7 Å². The van der Waals surface area contributed by atoms with Crippen molar-refractivity contribution in [1.29, 1.82) is 0 Å². The fourth-order valence-corrected chi connectivity index (χ4v) is 3.67. The first-order valence-corrected chi connectivity index (χ1v) is 11.1. The van der Waals surface area contributed by atoms with E-state index in [2.05, 4.69) is 16.0 Å². The van der Waals surface area contributed by atoms with Crippen LogP contribution in [-0.2, 0) is 16.1 Å². The smallest absolute Gasteiger partial charge is 0.251 e. The largest absolute Gasteiger partial charge is 0.360 e. The molecule has 0 saturated carbocycles. The molecule has 8 heteroatoms. The summed E-state index contributed by atoms with van der Waals surface area (Å²) in [5.41, 5.74) is 2.37. The highest BCUT2D eigenvalue weighted by molar-refractivity contribution is 6.30. The third-order valence-corrected chi connectivity index (χ3v) is 5.49. The van der Waals surface area contributed by atoms with Gasteiger partial charge in [-0.3, -0.25) is 14.4 Å². The third-order valence-electron chi connectivity index (χ3n) is 5.24. The molecular formula is C24H29ClN4O3. The summed E-state index contributed by atoms with van der Waals surface area (Å²) in [5.74, 6) is -0.281. The lowest BCUT2D eigenvalue weighted by molar-refractivity contribution is -0.123. The van der Waals surface area contributed by atoms with Crippen LogP contribution in [0.25, 0.3) is 0 Å². The van der Waals surface area contributed by atoms with Crippen molar-refractivity contribution in [2.75, 3.05) is 24.5 Å². The van der Waals surface area contributed by atoms with Gasteiger partial charge in [-0.15, -0.1) is 0 Å². The number of nitrogens with one attached hydrogen (secondary N) is 3. The second-order valence-corrected chi connectivity index (χ2v) is 8.75. The van der Waals surface area contributed by atoms with Gasteiger partial charge in [-0.2, -0.15) is 0 Å². The van der Waals surface area contributed by atoms with E-state index < -0.39 is 6.04 Å². The monoisotopic (exact) mass is 456 g/mol. The van der Waals surface area contributed by atoms with E-state index >= 15 is 0 Å². The molecule has 3 rings (SSSR count). The fraction of sp³-hybridized carbons (Fsp3) is 0.375. The van der Waals surface area contributed by atoms with Gasteiger partial charge in [0, 0.05) is 35.9 Å². The summed E-state index contributed by atoms with van der Waals surface area (Å²) >= 11 is 5.88. The number of rotatable bonds is 8. The van der Waals surface area contributed by atoms with E-state index in [1.54, 1.807) is 24.3 Å². The molecule has 0 aromatic heterocycles. The number of carbonyl (C=O) groups is 3. The maximum atomic E-state index is 12.8. The van der Waals surface area contributed by atoms with Crippen molar-refractivity contribution in [3.63, 3.8) is 0 Å². The molecule has 1 heterocycles. The topological polar surface area (TPSA) is 90.5 Å². The van der Waals surface area contributed by atoms with E-state index in [4.69, 9.17) is 11.6 Å². The molecule has 0 spiro atoms. The van der Waals surface area contributed by atoms with Crippen molar-refractivity contribution in [2.45, 2.75) is 32.9 Å². The number of halogens is 1. The Balaban J connectivity index is 1.57. The Hall–Kier alpha value is -3.06. The zero-order valence-corrected chi connectivity index (χ0v) is 19.1. The maximum absolute atomic E-state index is 12.8. The van der Waals surface area contributed by atoms with Crippen LogP contribution in [0.5, 0.6) is 0 Å². The predicted octanol–water partition coefficient (Wildman–Crippen LogP) is 2.74. The van der Waals surface area contributed by atoms with Crippen LogP contribution in [0.2, 0.25) is 5.02 Å². The van der Waals surface area contributed by atoms with Gasteiger partial charge >= 0.3 is 0 Å². The summed E-state index contributed by atoms with van der Waals surface area (Å²) in [7, 11) is 0. The summed E-state index contributed by atoms with van der Waals surface area (Å²) < 4.78 is 0. The lowest BCUT2D eigenvalue weighted by Crippen LogP contribution is -2.47. The summed E-state index contributed by atoms with van der Waals surface area (Å²) in [6.07, 6.45) is 0.529. The lowest BCUT2D eigenvalue weighted by Gasteiger charge is -2.28. The fourth-order valence-electron chi connectivity index (χ4n) is 3.54. The molecule has 3 N–H and O–H groups in total. The Morgan fingerprint density at radius 2 is 1.78 bits per heavy atom. The van der Waals surface area contributed by atoms with E-state index in [1.807, 2.05) is 43.0 Å². The van der Waals surface area contributed by atoms with Gasteiger partial charge in [0.15, 0.2) is 0 Å². The minimum atomic E-state index is -0.635. The Kier molecular flexibility index (Phi) is 8.11. The predicted molar refractivity (Wildman–Crippen MR) is 126 cm³/mol. The molecule has 1 aliphatic heterocycles. The quantitative estimate of drug-likeness (QED) is 0.569. The molecule has 7 nitrogen and oxygen atoms in total. The Labute approximate surface area is 193 Å². The molecule has 1 fully saturated rings. The first kappa shape index (κ1) is 23.6. The molecule has 170 valence electrons. The van der Waals surface area contributed by atoms with Crippen LogP contribution < -0.4 is 20.9 Å². The van der Waals surface area contributed by atoms with Crippen LogP contribution in [0.3, 0.4) is 0 Å². The van der Waals surface area contributed by atoms with Gasteiger partial charge in [0.1, 0.15) is 6.04 Å². The number of hydrogen-bond donors (Lipinski definition) is 3. The summed E-state index contributed by atoms with van der Waals surface area (Å²) in [4.78, 5) is 39.0.